The minimum Gasteiger partial charge on any atom is -0.456 e. The first-order chi connectivity index (χ1) is 28.5. The molecule has 0 N–H and O–H groups in total. The second kappa shape index (κ2) is 14.9. The van der Waals surface area contributed by atoms with Gasteiger partial charge < -0.3 is 9.32 Å². The predicted octanol–water partition coefficient (Wildman–Crippen LogP) is 16.0. The molecule has 10 rings (SSSR count). The highest BCUT2D eigenvalue weighted by Gasteiger charge is 2.15. The third kappa shape index (κ3) is 6.86. The normalized spacial score (nSPS) is 11.3. The van der Waals surface area contributed by atoms with Crippen molar-refractivity contribution in [1.82, 2.24) is 0 Å². The fourth-order valence-corrected chi connectivity index (χ4v) is 8.01. The Morgan fingerprint density at radius 1 is 0.276 bits per heavy atom. The van der Waals surface area contributed by atoms with Crippen molar-refractivity contribution in [3.05, 3.63) is 223 Å². The van der Waals surface area contributed by atoms with Gasteiger partial charge in [-0.2, -0.15) is 0 Å². The molecule has 0 saturated heterocycles. The minimum absolute atomic E-state index is 0.906. The van der Waals surface area contributed by atoms with Crippen LogP contribution in [0.5, 0.6) is 0 Å². The van der Waals surface area contributed by atoms with Crippen LogP contribution < -0.4 is 4.90 Å². The second-order valence-corrected chi connectivity index (χ2v) is 15.2. The molecule has 0 unspecified atom stereocenters. The molecule has 0 radical (unpaired) electrons. The first-order valence-corrected chi connectivity index (χ1v) is 19.9. The highest BCUT2D eigenvalue weighted by Crippen LogP contribution is 2.39. The molecular formula is C56H41NO. The van der Waals surface area contributed by atoms with Crippen LogP contribution in [0.15, 0.2) is 217 Å². The summed E-state index contributed by atoms with van der Waals surface area (Å²) in [6.07, 6.45) is 0. The Labute approximate surface area is 339 Å². The number of hydrogen-bond acceptors (Lipinski definition) is 2. The molecular weight excluding hydrogens is 703 g/mol. The van der Waals surface area contributed by atoms with Crippen LogP contribution in [0, 0.1) is 13.8 Å². The Kier molecular flexibility index (Phi) is 9.01. The predicted molar refractivity (Wildman–Crippen MR) is 245 cm³/mol. The quantitative estimate of drug-likeness (QED) is 0.154. The summed E-state index contributed by atoms with van der Waals surface area (Å²) in [7, 11) is 0. The molecule has 0 aliphatic rings. The van der Waals surface area contributed by atoms with Gasteiger partial charge in [0, 0.05) is 27.8 Å². The van der Waals surface area contributed by atoms with Gasteiger partial charge in [0.25, 0.3) is 0 Å². The van der Waals surface area contributed by atoms with Crippen molar-refractivity contribution in [2.45, 2.75) is 13.8 Å². The molecule has 0 aliphatic heterocycles. The summed E-state index contributed by atoms with van der Waals surface area (Å²) in [5.41, 5.74) is 19.6. The van der Waals surface area contributed by atoms with E-state index in [9.17, 15) is 0 Å². The molecule has 1 heterocycles. The van der Waals surface area contributed by atoms with E-state index in [1.54, 1.807) is 0 Å². The summed E-state index contributed by atoms with van der Waals surface area (Å²) in [5.74, 6) is 0. The van der Waals surface area contributed by atoms with Crippen molar-refractivity contribution in [2.24, 2.45) is 0 Å². The van der Waals surface area contributed by atoms with Gasteiger partial charge in [-0.15, -0.1) is 0 Å². The lowest BCUT2D eigenvalue weighted by Gasteiger charge is -2.26. The van der Waals surface area contributed by atoms with Gasteiger partial charge in [-0.25, -0.2) is 0 Å². The van der Waals surface area contributed by atoms with Crippen molar-refractivity contribution in [3.8, 4) is 55.6 Å². The summed E-state index contributed by atoms with van der Waals surface area (Å²) >= 11 is 0. The average molecular weight is 744 g/mol. The van der Waals surface area contributed by atoms with E-state index in [0.717, 1.165) is 50.1 Å². The number of furan rings is 1. The van der Waals surface area contributed by atoms with E-state index >= 15 is 0 Å². The van der Waals surface area contributed by atoms with Crippen LogP contribution in [-0.4, -0.2) is 0 Å². The molecule has 0 saturated carbocycles. The van der Waals surface area contributed by atoms with Crippen LogP contribution in [0.3, 0.4) is 0 Å². The molecule has 0 aliphatic carbocycles. The molecule has 0 spiro atoms. The summed E-state index contributed by atoms with van der Waals surface area (Å²) < 4.78 is 6.12. The van der Waals surface area contributed by atoms with Crippen LogP contribution in [0.1, 0.15) is 11.1 Å². The number of anilines is 3. The maximum absolute atomic E-state index is 6.12. The zero-order chi connectivity index (χ0) is 39.0. The van der Waals surface area contributed by atoms with Crippen molar-refractivity contribution in [1.29, 1.82) is 0 Å². The van der Waals surface area contributed by atoms with Gasteiger partial charge in [-0.1, -0.05) is 157 Å². The van der Waals surface area contributed by atoms with E-state index < -0.39 is 0 Å². The van der Waals surface area contributed by atoms with Gasteiger partial charge in [-0.05, 0) is 136 Å². The molecule has 2 nitrogen and oxygen atoms in total. The zero-order valence-corrected chi connectivity index (χ0v) is 32.6. The van der Waals surface area contributed by atoms with Crippen molar-refractivity contribution < 1.29 is 4.42 Å². The lowest BCUT2D eigenvalue weighted by molar-refractivity contribution is 0.669. The third-order valence-corrected chi connectivity index (χ3v) is 11.2. The number of aryl methyl sites for hydroxylation is 2. The molecule has 0 atom stereocenters. The standard InChI is InChI=1S/C56H41NO/c1-38-13-17-40(18-14-38)45-7-5-9-47(35-45)42-21-28-50(29-22-42)57(51-30-23-43(24-31-51)48-10-6-8-46(36-48)41-19-15-39(2)16-20-41)52-32-25-44(26-33-52)49-27-34-56-54(37-49)53-11-3-4-12-55(53)58-56/h3-37H,1-2H3. The minimum atomic E-state index is 0.906. The van der Waals surface area contributed by atoms with Gasteiger partial charge in [0.05, 0.1) is 0 Å². The third-order valence-electron chi connectivity index (χ3n) is 11.2. The molecule has 1 aromatic heterocycles. The fourth-order valence-electron chi connectivity index (χ4n) is 8.01. The number of rotatable bonds is 8. The molecule has 0 amide bonds. The first kappa shape index (κ1) is 35.0. The van der Waals surface area contributed by atoms with Crippen LogP contribution >= 0.6 is 0 Å². The molecule has 9 aromatic carbocycles. The summed E-state index contributed by atoms with van der Waals surface area (Å²) in [6, 6.07) is 76.6. The maximum Gasteiger partial charge on any atom is 0.135 e. The Morgan fingerprint density at radius 2 is 0.621 bits per heavy atom. The highest BCUT2D eigenvalue weighted by atomic mass is 16.3. The van der Waals surface area contributed by atoms with E-state index in [0.29, 0.717) is 0 Å². The number of fused-ring (bicyclic) bond motifs is 3. The van der Waals surface area contributed by atoms with Crippen molar-refractivity contribution >= 4 is 39.0 Å². The van der Waals surface area contributed by atoms with Gasteiger partial charge in [0.2, 0.25) is 0 Å². The smallest absolute Gasteiger partial charge is 0.135 e. The van der Waals surface area contributed by atoms with E-state index in [1.165, 1.54) is 55.6 Å². The monoisotopic (exact) mass is 743 g/mol. The van der Waals surface area contributed by atoms with Crippen LogP contribution in [-0.2, 0) is 0 Å². The first-order valence-electron chi connectivity index (χ1n) is 19.9. The van der Waals surface area contributed by atoms with Gasteiger partial charge in [-0.3, -0.25) is 0 Å². The number of benzene rings is 9. The lowest BCUT2D eigenvalue weighted by Crippen LogP contribution is -2.09. The van der Waals surface area contributed by atoms with Gasteiger partial charge >= 0.3 is 0 Å². The highest BCUT2D eigenvalue weighted by molar-refractivity contribution is 6.06. The van der Waals surface area contributed by atoms with E-state index in [4.69, 9.17) is 4.42 Å². The zero-order valence-electron chi connectivity index (χ0n) is 32.6. The Hall–Kier alpha value is -7.42. The molecule has 0 bridgehead atoms. The number of para-hydroxylation sites is 1. The van der Waals surface area contributed by atoms with Crippen LogP contribution in [0.2, 0.25) is 0 Å². The largest absolute Gasteiger partial charge is 0.456 e. The number of hydrogen-bond donors (Lipinski definition) is 0. The Balaban J connectivity index is 1.000. The van der Waals surface area contributed by atoms with Gasteiger partial charge in [0.1, 0.15) is 11.2 Å². The van der Waals surface area contributed by atoms with Gasteiger partial charge in [0.15, 0.2) is 0 Å². The van der Waals surface area contributed by atoms with Crippen LogP contribution in [0.4, 0.5) is 17.1 Å². The summed E-state index contributed by atoms with van der Waals surface area (Å²) in [5, 5.41) is 2.27. The lowest BCUT2D eigenvalue weighted by atomic mass is 9.98. The topological polar surface area (TPSA) is 16.4 Å². The van der Waals surface area contributed by atoms with E-state index in [-0.39, 0.29) is 0 Å². The van der Waals surface area contributed by atoms with E-state index in [2.05, 4.69) is 219 Å². The Morgan fingerprint density at radius 3 is 1.05 bits per heavy atom. The summed E-state index contributed by atoms with van der Waals surface area (Å²) in [6.45, 7) is 4.25. The fraction of sp³-hybridized carbons (Fsp3) is 0.0357. The van der Waals surface area contributed by atoms with Crippen molar-refractivity contribution in [3.63, 3.8) is 0 Å². The molecule has 10 aromatic rings. The Bertz CT molecular complexity index is 2890. The SMILES string of the molecule is Cc1ccc(-c2cccc(-c3ccc(N(c4ccc(-c5cccc(-c6ccc(C)cc6)c5)cc4)c4ccc(-c5ccc6oc7ccccc7c6c5)cc4)cc3)c2)cc1. The molecule has 2 heteroatoms. The average Bonchev–Trinajstić information content (AvgIpc) is 3.66. The molecule has 0 fully saturated rings. The van der Waals surface area contributed by atoms with Crippen LogP contribution in [0.25, 0.3) is 77.6 Å². The second-order valence-electron chi connectivity index (χ2n) is 15.2. The number of nitrogens with zero attached hydrogens (tertiary/aromatic N) is 1. The molecule has 58 heavy (non-hydrogen) atoms. The van der Waals surface area contributed by atoms with E-state index in [1.807, 2.05) is 12.1 Å². The summed E-state index contributed by atoms with van der Waals surface area (Å²) in [4.78, 5) is 2.34. The van der Waals surface area contributed by atoms with Crippen molar-refractivity contribution in [2.75, 3.05) is 4.90 Å². The molecule has 276 valence electrons. The maximum atomic E-state index is 6.12.